The van der Waals surface area contributed by atoms with Crippen molar-refractivity contribution >= 4 is 49.5 Å². The summed E-state index contributed by atoms with van der Waals surface area (Å²) in [6, 6.07) is 0. The Morgan fingerprint density at radius 1 is 1.21 bits per heavy atom. The first-order chi connectivity index (χ1) is 9.02. The summed E-state index contributed by atoms with van der Waals surface area (Å²) >= 11 is 9.22. The van der Waals surface area contributed by atoms with E-state index < -0.39 is 0 Å². The number of hydrogen-bond acceptors (Lipinski definition) is 3. The van der Waals surface area contributed by atoms with Crippen molar-refractivity contribution in [2.45, 2.75) is 36.0 Å². The van der Waals surface area contributed by atoms with Crippen LogP contribution in [-0.4, -0.2) is 25.9 Å². The monoisotopic (exact) mass is 288 g/mol. The quantitative estimate of drug-likeness (QED) is 0.470. The highest BCUT2D eigenvalue weighted by Crippen LogP contribution is 2.38. The molecule has 5 heteroatoms. The molecule has 0 bridgehead atoms. The molecule has 1 fully saturated rings. The number of benzene rings is 1. The number of aromatic amines is 1. The van der Waals surface area contributed by atoms with Gasteiger partial charge in [-0.15, -0.1) is 25.3 Å². The molecule has 19 heavy (non-hydrogen) atoms. The Hall–Kier alpha value is -0.515. The minimum atomic E-state index is 0.546. The van der Waals surface area contributed by atoms with Crippen LogP contribution in [0.1, 0.15) is 29.2 Å². The maximum atomic E-state index is 6.21. The number of aromatic nitrogens is 1. The average Bonchev–Trinajstić information content (AvgIpc) is 3.00. The number of hydrogen-bond donors (Lipinski definition) is 4. The Bertz CT molecular complexity index is 657. The summed E-state index contributed by atoms with van der Waals surface area (Å²) in [5.41, 5.74) is 5.34. The fourth-order valence-corrected chi connectivity index (χ4v) is 3.77. The molecule has 2 N–H and O–H groups in total. The second-order valence-corrected chi connectivity index (χ2v) is 6.23. The van der Waals surface area contributed by atoms with Crippen LogP contribution < -0.4 is 10.8 Å². The summed E-state index contributed by atoms with van der Waals surface area (Å²) in [4.78, 5) is 5.26. The van der Waals surface area contributed by atoms with Crippen molar-refractivity contribution < 1.29 is 0 Å². The Kier molecular flexibility index (Phi) is 3.40. The lowest BCUT2D eigenvalue weighted by atomic mass is 9.88. The van der Waals surface area contributed by atoms with Crippen LogP contribution in [-0.2, 0) is 0 Å². The molecular formula is C14H17BN2S2. The Morgan fingerprint density at radius 3 is 2.58 bits per heavy atom. The molecule has 1 aliphatic rings. The van der Waals surface area contributed by atoms with Crippen LogP contribution in [0.4, 0.5) is 0 Å². The second-order valence-electron chi connectivity index (χ2n) is 5.34. The molecule has 2 radical (unpaired) electrons. The molecule has 3 rings (SSSR count). The van der Waals surface area contributed by atoms with Gasteiger partial charge < -0.3 is 10.3 Å². The minimum Gasteiger partial charge on any atom is -0.359 e. The van der Waals surface area contributed by atoms with E-state index in [1.165, 1.54) is 23.1 Å². The first-order valence-electron chi connectivity index (χ1n) is 6.55. The first-order valence-corrected chi connectivity index (χ1v) is 7.44. The van der Waals surface area contributed by atoms with Crippen molar-refractivity contribution in [3.63, 3.8) is 0 Å². The molecule has 0 saturated carbocycles. The number of fused-ring (bicyclic) bond motifs is 1. The van der Waals surface area contributed by atoms with Crippen molar-refractivity contribution in [1.82, 2.24) is 10.3 Å². The van der Waals surface area contributed by atoms with Gasteiger partial charge in [-0.05, 0) is 43.9 Å². The lowest BCUT2D eigenvalue weighted by Gasteiger charge is -2.14. The van der Waals surface area contributed by atoms with Gasteiger partial charge in [-0.25, -0.2) is 0 Å². The largest absolute Gasteiger partial charge is 0.359 e. The summed E-state index contributed by atoms with van der Waals surface area (Å²) in [6.07, 6.45) is 1.17. The van der Waals surface area contributed by atoms with Crippen LogP contribution in [0.25, 0.3) is 10.9 Å². The number of H-pyrrole nitrogens is 1. The molecule has 2 aromatic rings. The Morgan fingerprint density at radius 2 is 1.95 bits per heavy atom. The van der Waals surface area contributed by atoms with Gasteiger partial charge in [-0.1, -0.05) is 5.46 Å². The number of rotatable bonds is 1. The van der Waals surface area contributed by atoms with E-state index in [0.717, 1.165) is 39.4 Å². The number of aryl methyl sites for hydroxylation is 1. The molecule has 0 aliphatic carbocycles. The summed E-state index contributed by atoms with van der Waals surface area (Å²) in [7, 11) is 6.21. The predicted octanol–water partition coefficient (Wildman–Crippen LogP) is 2.23. The van der Waals surface area contributed by atoms with Crippen molar-refractivity contribution in [3.8, 4) is 0 Å². The molecule has 1 saturated heterocycles. The van der Waals surface area contributed by atoms with E-state index in [4.69, 9.17) is 20.5 Å². The molecule has 1 aromatic carbocycles. The van der Waals surface area contributed by atoms with Crippen LogP contribution in [0.3, 0.4) is 0 Å². The van der Waals surface area contributed by atoms with E-state index in [9.17, 15) is 0 Å². The normalized spacial score (nSPS) is 19.5. The van der Waals surface area contributed by atoms with Gasteiger partial charge >= 0.3 is 0 Å². The predicted molar refractivity (Wildman–Crippen MR) is 87.9 cm³/mol. The third-order valence-corrected chi connectivity index (χ3v) is 5.31. The summed E-state index contributed by atoms with van der Waals surface area (Å²) in [6.45, 7) is 6.26. The standard InChI is InChI=1S/C14H17BN2S2/c1-6-13(18)10-9(8-3-4-16-5-8)7(2)17-12(10)11(15)14(6)19/h8,16-19H,3-5H2,1-2H3. The van der Waals surface area contributed by atoms with Crippen LogP contribution in [0, 0.1) is 13.8 Å². The topological polar surface area (TPSA) is 27.8 Å². The lowest BCUT2D eigenvalue weighted by molar-refractivity contribution is 0.762. The third-order valence-electron chi connectivity index (χ3n) is 4.18. The molecule has 1 aliphatic heterocycles. The van der Waals surface area contributed by atoms with Crippen molar-refractivity contribution in [2.75, 3.05) is 13.1 Å². The van der Waals surface area contributed by atoms with Gasteiger partial charge in [-0.3, -0.25) is 0 Å². The first kappa shape index (κ1) is 13.5. The van der Waals surface area contributed by atoms with Crippen LogP contribution in [0.2, 0.25) is 0 Å². The van der Waals surface area contributed by atoms with Gasteiger partial charge in [0.15, 0.2) is 0 Å². The SMILES string of the molecule is [B]c1c(S)c(C)c(S)c2c(C3CCNC3)c(C)[nH]c12. The maximum absolute atomic E-state index is 6.21. The zero-order valence-electron chi connectivity index (χ0n) is 11.2. The molecule has 98 valence electrons. The smallest absolute Gasteiger partial charge is 0.118 e. The summed E-state index contributed by atoms with van der Waals surface area (Å²) < 4.78 is 0. The molecule has 2 heterocycles. The molecule has 1 atom stereocenters. The molecule has 1 aromatic heterocycles. The van der Waals surface area contributed by atoms with Crippen LogP contribution in [0.15, 0.2) is 9.79 Å². The van der Waals surface area contributed by atoms with Crippen molar-refractivity contribution in [3.05, 3.63) is 16.8 Å². The van der Waals surface area contributed by atoms with Gasteiger partial charge in [0.2, 0.25) is 0 Å². The van der Waals surface area contributed by atoms with E-state index in [1.54, 1.807) is 0 Å². The van der Waals surface area contributed by atoms with Crippen LogP contribution >= 0.6 is 25.3 Å². The van der Waals surface area contributed by atoms with E-state index in [1.807, 2.05) is 6.92 Å². The molecule has 0 amide bonds. The average molecular weight is 288 g/mol. The van der Waals surface area contributed by atoms with Gasteiger partial charge in [0.05, 0.1) is 0 Å². The Balaban J connectivity index is 2.36. The lowest BCUT2D eigenvalue weighted by Crippen LogP contribution is -2.10. The zero-order valence-corrected chi connectivity index (χ0v) is 13.0. The number of thiol groups is 2. The zero-order chi connectivity index (χ0) is 13.7. The Labute approximate surface area is 126 Å². The van der Waals surface area contributed by atoms with Gasteiger partial charge in [0.1, 0.15) is 7.85 Å². The highest BCUT2D eigenvalue weighted by Gasteiger charge is 2.25. The highest BCUT2D eigenvalue weighted by molar-refractivity contribution is 7.81. The second kappa shape index (κ2) is 4.79. The van der Waals surface area contributed by atoms with E-state index >= 15 is 0 Å². The van der Waals surface area contributed by atoms with Crippen LogP contribution in [0.5, 0.6) is 0 Å². The van der Waals surface area contributed by atoms with Gasteiger partial charge in [0.25, 0.3) is 0 Å². The molecule has 1 unspecified atom stereocenters. The van der Waals surface area contributed by atoms with E-state index in [0.29, 0.717) is 5.92 Å². The third kappa shape index (κ3) is 1.94. The summed E-state index contributed by atoms with van der Waals surface area (Å²) in [5.74, 6) is 0.546. The summed E-state index contributed by atoms with van der Waals surface area (Å²) in [5, 5.41) is 4.61. The van der Waals surface area contributed by atoms with E-state index in [-0.39, 0.29) is 0 Å². The minimum absolute atomic E-state index is 0.546. The molecule has 0 spiro atoms. The fourth-order valence-electron chi connectivity index (χ4n) is 3.12. The maximum Gasteiger partial charge on any atom is 0.118 e. The van der Waals surface area contributed by atoms with E-state index in [2.05, 4.69) is 29.9 Å². The van der Waals surface area contributed by atoms with Gasteiger partial charge in [0, 0.05) is 32.9 Å². The molecular weight excluding hydrogens is 271 g/mol. The molecule has 2 nitrogen and oxygen atoms in total. The van der Waals surface area contributed by atoms with Crippen molar-refractivity contribution in [2.24, 2.45) is 0 Å². The van der Waals surface area contributed by atoms with Crippen molar-refractivity contribution in [1.29, 1.82) is 0 Å². The van der Waals surface area contributed by atoms with Gasteiger partial charge in [-0.2, -0.15) is 0 Å². The number of nitrogens with one attached hydrogen (secondary N) is 2. The highest BCUT2D eigenvalue weighted by atomic mass is 32.1. The fraction of sp³-hybridized carbons (Fsp3) is 0.429.